The van der Waals surface area contributed by atoms with Gasteiger partial charge in [0.25, 0.3) is 0 Å². The van der Waals surface area contributed by atoms with E-state index in [1.165, 1.54) is 6.20 Å². The van der Waals surface area contributed by atoms with Gasteiger partial charge in [-0.2, -0.15) is 0 Å². The molecule has 1 aliphatic rings. The van der Waals surface area contributed by atoms with Crippen LogP contribution in [-0.4, -0.2) is 20.8 Å². The standard InChI is InChI=1S/C11H10N2O4/c1-5-8-9(14)7(11(15)16)4-13(6-2-3-6)10(8)17-12-5/h4,6H,2-3H2,1H3,(H,15,16). The van der Waals surface area contributed by atoms with Gasteiger partial charge in [0.05, 0.1) is 5.69 Å². The number of carboxylic acids is 1. The molecule has 1 fully saturated rings. The molecule has 0 spiro atoms. The van der Waals surface area contributed by atoms with E-state index in [4.69, 9.17) is 9.63 Å². The van der Waals surface area contributed by atoms with Crippen LogP contribution in [0.1, 0.15) is 34.9 Å². The van der Waals surface area contributed by atoms with Crippen molar-refractivity contribution in [1.82, 2.24) is 9.72 Å². The number of aromatic carboxylic acids is 1. The van der Waals surface area contributed by atoms with Crippen molar-refractivity contribution in [3.63, 3.8) is 0 Å². The topological polar surface area (TPSA) is 85.3 Å². The first-order chi connectivity index (χ1) is 8.09. The van der Waals surface area contributed by atoms with Crippen molar-refractivity contribution in [3.8, 4) is 0 Å². The first kappa shape index (κ1) is 10.1. The van der Waals surface area contributed by atoms with Gasteiger partial charge in [0.1, 0.15) is 10.9 Å². The molecule has 6 nitrogen and oxygen atoms in total. The van der Waals surface area contributed by atoms with E-state index in [9.17, 15) is 9.59 Å². The van der Waals surface area contributed by atoms with E-state index in [2.05, 4.69) is 5.16 Å². The number of carbonyl (C=O) groups is 1. The summed E-state index contributed by atoms with van der Waals surface area (Å²) in [6, 6.07) is 0.226. The third-order valence-electron chi connectivity index (χ3n) is 2.99. The zero-order valence-electron chi connectivity index (χ0n) is 9.14. The van der Waals surface area contributed by atoms with Crippen LogP contribution in [-0.2, 0) is 0 Å². The van der Waals surface area contributed by atoms with E-state index in [0.29, 0.717) is 11.4 Å². The fourth-order valence-electron chi connectivity index (χ4n) is 1.96. The molecule has 0 unspecified atom stereocenters. The Kier molecular flexibility index (Phi) is 1.89. The number of aromatic nitrogens is 2. The van der Waals surface area contributed by atoms with Gasteiger partial charge in [0.15, 0.2) is 0 Å². The lowest BCUT2D eigenvalue weighted by molar-refractivity contribution is 0.0695. The van der Waals surface area contributed by atoms with Gasteiger partial charge in [-0.3, -0.25) is 4.79 Å². The molecule has 0 aromatic carbocycles. The molecule has 0 amide bonds. The Morgan fingerprint density at radius 2 is 2.29 bits per heavy atom. The van der Waals surface area contributed by atoms with Crippen LogP contribution in [0.15, 0.2) is 15.5 Å². The minimum absolute atomic E-state index is 0.226. The van der Waals surface area contributed by atoms with Crippen LogP contribution in [0.2, 0.25) is 0 Å². The molecule has 2 aromatic heterocycles. The molecule has 6 heteroatoms. The Balaban J connectivity index is 2.44. The lowest BCUT2D eigenvalue weighted by Gasteiger charge is -2.05. The highest BCUT2D eigenvalue weighted by Gasteiger charge is 2.29. The van der Waals surface area contributed by atoms with Gasteiger partial charge in [0, 0.05) is 12.2 Å². The van der Waals surface area contributed by atoms with Crippen molar-refractivity contribution in [2.75, 3.05) is 0 Å². The number of hydrogen-bond acceptors (Lipinski definition) is 4. The number of rotatable bonds is 2. The van der Waals surface area contributed by atoms with E-state index in [0.717, 1.165) is 12.8 Å². The molecular weight excluding hydrogens is 224 g/mol. The van der Waals surface area contributed by atoms with Crippen LogP contribution >= 0.6 is 0 Å². The van der Waals surface area contributed by atoms with Crippen molar-refractivity contribution in [3.05, 3.63) is 27.7 Å². The number of hydrogen-bond donors (Lipinski definition) is 1. The highest BCUT2D eigenvalue weighted by Crippen LogP contribution is 2.37. The first-order valence-electron chi connectivity index (χ1n) is 5.34. The summed E-state index contributed by atoms with van der Waals surface area (Å²) in [7, 11) is 0. The van der Waals surface area contributed by atoms with Gasteiger partial charge in [-0.15, -0.1) is 0 Å². The van der Waals surface area contributed by atoms with E-state index < -0.39 is 11.4 Å². The maximum Gasteiger partial charge on any atom is 0.341 e. The Bertz CT molecular complexity index is 679. The SMILES string of the molecule is Cc1noc2c1c(=O)c(C(=O)O)cn2C1CC1. The van der Waals surface area contributed by atoms with Crippen LogP contribution < -0.4 is 5.43 Å². The summed E-state index contributed by atoms with van der Waals surface area (Å²) in [5, 5.41) is 13.0. The van der Waals surface area contributed by atoms with Crippen LogP contribution in [0.3, 0.4) is 0 Å². The van der Waals surface area contributed by atoms with Gasteiger partial charge < -0.3 is 14.2 Å². The quantitative estimate of drug-likeness (QED) is 0.847. The summed E-state index contributed by atoms with van der Waals surface area (Å²) < 4.78 is 6.83. The molecular formula is C11H10N2O4. The molecule has 1 saturated carbocycles. The Hall–Kier alpha value is -2.11. The summed E-state index contributed by atoms with van der Waals surface area (Å²) in [5.41, 5.74) is 0.0568. The second-order valence-corrected chi connectivity index (χ2v) is 4.26. The second-order valence-electron chi connectivity index (χ2n) is 4.26. The lowest BCUT2D eigenvalue weighted by Crippen LogP contribution is -2.18. The number of nitrogens with zero attached hydrogens (tertiary/aromatic N) is 2. The number of aryl methyl sites for hydroxylation is 1. The Morgan fingerprint density at radius 1 is 1.59 bits per heavy atom. The Morgan fingerprint density at radius 3 is 2.88 bits per heavy atom. The summed E-state index contributed by atoms with van der Waals surface area (Å²) in [5.74, 6) is -1.22. The molecule has 2 heterocycles. The van der Waals surface area contributed by atoms with Crippen molar-refractivity contribution in [2.45, 2.75) is 25.8 Å². The number of carboxylic acid groups (broad SMARTS) is 1. The van der Waals surface area contributed by atoms with Gasteiger partial charge in [-0.25, -0.2) is 4.79 Å². The predicted molar refractivity (Wildman–Crippen MR) is 58.2 cm³/mol. The molecule has 17 heavy (non-hydrogen) atoms. The average Bonchev–Trinajstić information content (AvgIpc) is 3.03. The zero-order valence-corrected chi connectivity index (χ0v) is 9.14. The Labute approximate surface area is 95.4 Å². The third kappa shape index (κ3) is 1.37. The first-order valence-corrected chi connectivity index (χ1v) is 5.34. The molecule has 2 aromatic rings. The van der Waals surface area contributed by atoms with Gasteiger partial charge >= 0.3 is 5.97 Å². The molecule has 1 aliphatic carbocycles. The number of fused-ring (bicyclic) bond motifs is 1. The van der Waals surface area contributed by atoms with E-state index >= 15 is 0 Å². The fraction of sp³-hybridized carbons (Fsp3) is 0.364. The zero-order chi connectivity index (χ0) is 12.2. The van der Waals surface area contributed by atoms with E-state index in [1.54, 1.807) is 11.5 Å². The maximum atomic E-state index is 12.0. The van der Waals surface area contributed by atoms with Gasteiger partial charge in [-0.1, -0.05) is 5.16 Å². The molecule has 0 aliphatic heterocycles. The molecule has 1 N–H and O–H groups in total. The lowest BCUT2D eigenvalue weighted by atomic mass is 10.2. The smallest absolute Gasteiger partial charge is 0.341 e. The monoisotopic (exact) mass is 234 g/mol. The fourth-order valence-corrected chi connectivity index (χ4v) is 1.96. The van der Waals surface area contributed by atoms with Crippen molar-refractivity contribution in [1.29, 1.82) is 0 Å². The number of pyridine rings is 1. The summed E-state index contributed by atoms with van der Waals surface area (Å²) in [6.45, 7) is 1.64. The van der Waals surface area contributed by atoms with Crippen LogP contribution in [0, 0.1) is 6.92 Å². The normalized spacial score (nSPS) is 15.4. The third-order valence-corrected chi connectivity index (χ3v) is 2.99. The second kappa shape index (κ2) is 3.19. The van der Waals surface area contributed by atoms with E-state index in [-0.39, 0.29) is 17.0 Å². The minimum atomic E-state index is -1.22. The van der Waals surface area contributed by atoms with Gasteiger partial charge in [0.2, 0.25) is 11.1 Å². The van der Waals surface area contributed by atoms with Gasteiger partial charge in [-0.05, 0) is 19.8 Å². The minimum Gasteiger partial charge on any atom is -0.477 e. The average molecular weight is 234 g/mol. The van der Waals surface area contributed by atoms with Crippen LogP contribution in [0.4, 0.5) is 0 Å². The van der Waals surface area contributed by atoms with Crippen molar-refractivity contribution < 1.29 is 14.4 Å². The maximum absolute atomic E-state index is 12.0. The molecule has 0 atom stereocenters. The summed E-state index contributed by atoms with van der Waals surface area (Å²) >= 11 is 0. The summed E-state index contributed by atoms with van der Waals surface area (Å²) in [4.78, 5) is 23.0. The van der Waals surface area contributed by atoms with Crippen molar-refractivity contribution in [2.24, 2.45) is 0 Å². The largest absolute Gasteiger partial charge is 0.477 e. The molecule has 0 radical (unpaired) electrons. The van der Waals surface area contributed by atoms with Crippen LogP contribution in [0.5, 0.6) is 0 Å². The predicted octanol–water partition coefficient (Wildman–Crippen LogP) is 1.33. The molecule has 3 rings (SSSR count). The van der Waals surface area contributed by atoms with Crippen LogP contribution in [0.25, 0.3) is 11.1 Å². The molecule has 0 bridgehead atoms. The van der Waals surface area contributed by atoms with E-state index in [1.807, 2.05) is 0 Å². The molecule has 88 valence electrons. The highest BCUT2D eigenvalue weighted by molar-refractivity contribution is 5.92. The van der Waals surface area contributed by atoms with Crippen molar-refractivity contribution >= 4 is 17.1 Å². The highest BCUT2D eigenvalue weighted by atomic mass is 16.5. The molecule has 0 saturated heterocycles. The summed E-state index contributed by atoms with van der Waals surface area (Å²) in [6.07, 6.45) is 3.29.